The lowest BCUT2D eigenvalue weighted by molar-refractivity contribution is 0.481. The van der Waals surface area contributed by atoms with E-state index < -0.39 is 38.3 Å². The van der Waals surface area contributed by atoms with Gasteiger partial charge in [-0.05, 0) is 97.7 Å². The Kier molecular flexibility index (Phi) is 7.09. The fourth-order valence-electron chi connectivity index (χ4n) is 3.51. The molecule has 0 saturated carbocycles. The molecule has 0 aliphatic rings. The summed E-state index contributed by atoms with van der Waals surface area (Å²) in [6, 6.07) is 12.3. The van der Waals surface area contributed by atoms with Gasteiger partial charge in [-0.25, -0.2) is 0 Å². The van der Waals surface area contributed by atoms with Crippen LogP contribution in [0.5, 0.6) is 0 Å². The summed E-state index contributed by atoms with van der Waals surface area (Å²) in [6.07, 6.45) is 0. The quantitative estimate of drug-likeness (QED) is 0.311. The lowest BCUT2D eigenvalue weighted by Crippen LogP contribution is -2.26. The molecule has 3 N–H and O–H groups in total. The standard InChI is InChI=1S/C21H21O9PS3/c1-13-10-16(32(22,23)24)4-7-19(13)31(20-8-5-17(11-14(20)2)33(25,26)27)21-9-6-18(12-15(21)3)34(28,29)30/h4-12H,1-3H3,(H,22,23,24)(H,25,26,27)(H,28,29,30). The van der Waals surface area contributed by atoms with Crippen molar-refractivity contribution in [3.8, 4) is 0 Å². The molecule has 9 nitrogen and oxygen atoms in total. The average molecular weight is 545 g/mol. The molecule has 0 radical (unpaired) electrons. The van der Waals surface area contributed by atoms with Crippen LogP contribution in [0.25, 0.3) is 0 Å². The van der Waals surface area contributed by atoms with Gasteiger partial charge in [0.25, 0.3) is 30.4 Å². The van der Waals surface area contributed by atoms with E-state index in [1.54, 1.807) is 20.8 Å². The Bertz CT molecular complexity index is 1420. The summed E-state index contributed by atoms with van der Waals surface area (Å²) < 4.78 is 97.6. The molecule has 3 aromatic carbocycles. The van der Waals surface area contributed by atoms with Crippen molar-refractivity contribution >= 4 is 54.2 Å². The van der Waals surface area contributed by atoms with Crippen molar-refractivity contribution in [1.29, 1.82) is 0 Å². The van der Waals surface area contributed by atoms with E-state index in [0.717, 1.165) is 0 Å². The second-order valence-electron chi connectivity index (χ2n) is 7.61. The first kappa shape index (κ1) is 26.4. The lowest BCUT2D eigenvalue weighted by atomic mass is 10.2. The molecule has 0 aromatic heterocycles. The minimum atomic E-state index is -4.44. The Morgan fingerprint density at radius 3 is 0.912 bits per heavy atom. The van der Waals surface area contributed by atoms with Gasteiger partial charge in [0.2, 0.25) is 0 Å². The van der Waals surface area contributed by atoms with E-state index in [0.29, 0.717) is 32.6 Å². The fourth-order valence-corrected chi connectivity index (χ4v) is 7.91. The van der Waals surface area contributed by atoms with Gasteiger partial charge in [-0.1, -0.05) is 18.2 Å². The molecule has 0 unspecified atom stereocenters. The topological polar surface area (TPSA) is 163 Å². The molecule has 3 rings (SSSR count). The molecular weight excluding hydrogens is 523 g/mol. The van der Waals surface area contributed by atoms with Gasteiger partial charge in [0, 0.05) is 0 Å². The maximum absolute atomic E-state index is 11.6. The van der Waals surface area contributed by atoms with Crippen LogP contribution in [0.1, 0.15) is 16.7 Å². The van der Waals surface area contributed by atoms with Crippen molar-refractivity contribution in [3.05, 3.63) is 71.3 Å². The summed E-state index contributed by atoms with van der Waals surface area (Å²) in [5.41, 5.74) is 1.58. The molecule has 0 aliphatic carbocycles. The highest BCUT2D eigenvalue weighted by atomic mass is 32.2. The predicted molar refractivity (Wildman–Crippen MR) is 129 cm³/mol. The molecule has 0 atom stereocenters. The summed E-state index contributed by atoms with van der Waals surface area (Å²) in [5.74, 6) is 0. The number of rotatable bonds is 6. The molecule has 0 heterocycles. The third-order valence-corrected chi connectivity index (χ3v) is 10.6. The summed E-state index contributed by atoms with van der Waals surface area (Å²) in [6.45, 7) is 4.97. The van der Waals surface area contributed by atoms with Gasteiger partial charge in [0.05, 0.1) is 14.7 Å². The highest BCUT2D eigenvalue weighted by molar-refractivity contribution is 7.86. The van der Waals surface area contributed by atoms with E-state index in [-0.39, 0.29) is 14.7 Å². The van der Waals surface area contributed by atoms with Gasteiger partial charge >= 0.3 is 0 Å². The second kappa shape index (κ2) is 9.12. The fraction of sp³-hybridized carbons (Fsp3) is 0.143. The van der Waals surface area contributed by atoms with Crippen LogP contribution in [0.3, 0.4) is 0 Å². The summed E-state index contributed by atoms with van der Waals surface area (Å²) in [7, 11) is -14.8. The van der Waals surface area contributed by atoms with Gasteiger partial charge < -0.3 is 0 Å². The second-order valence-corrected chi connectivity index (χ2v) is 14.0. The summed E-state index contributed by atoms with van der Waals surface area (Å²) in [5, 5.41) is 2.02. The highest BCUT2D eigenvalue weighted by Gasteiger charge is 2.25. The monoisotopic (exact) mass is 544 g/mol. The third-order valence-electron chi connectivity index (χ3n) is 5.12. The first-order valence-electron chi connectivity index (χ1n) is 9.55. The van der Waals surface area contributed by atoms with Crippen molar-refractivity contribution in [2.45, 2.75) is 35.5 Å². The van der Waals surface area contributed by atoms with Crippen LogP contribution in [-0.4, -0.2) is 38.9 Å². The third kappa shape index (κ3) is 5.55. The lowest BCUT2D eigenvalue weighted by Gasteiger charge is -2.25. The zero-order valence-electron chi connectivity index (χ0n) is 18.2. The van der Waals surface area contributed by atoms with Gasteiger partial charge in [0.15, 0.2) is 0 Å². The number of hydrogen-bond acceptors (Lipinski definition) is 6. The molecule has 0 spiro atoms. The Morgan fingerprint density at radius 1 is 0.500 bits per heavy atom. The zero-order valence-corrected chi connectivity index (χ0v) is 21.5. The molecule has 182 valence electrons. The first-order valence-corrected chi connectivity index (χ1v) is 15.2. The predicted octanol–water partition coefficient (Wildman–Crippen LogP) is 2.11. The van der Waals surface area contributed by atoms with Crippen molar-refractivity contribution in [3.63, 3.8) is 0 Å². The Morgan fingerprint density at radius 2 is 0.735 bits per heavy atom. The molecule has 3 aromatic rings. The SMILES string of the molecule is Cc1cc(S(=O)(=O)O)ccc1P(c1ccc(S(=O)(=O)O)cc1C)c1ccc(S(=O)(=O)O)cc1C. The largest absolute Gasteiger partial charge is 0.294 e. The smallest absolute Gasteiger partial charge is 0.282 e. The van der Waals surface area contributed by atoms with Gasteiger partial charge in [-0.2, -0.15) is 25.3 Å². The molecule has 13 heteroatoms. The van der Waals surface area contributed by atoms with Crippen molar-refractivity contribution in [1.82, 2.24) is 0 Å². The number of benzene rings is 3. The molecule has 0 bridgehead atoms. The van der Waals surface area contributed by atoms with E-state index in [1.807, 2.05) is 0 Å². The zero-order chi connectivity index (χ0) is 25.6. The highest BCUT2D eigenvalue weighted by Crippen LogP contribution is 2.38. The van der Waals surface area contributed by atoms with Crippen LogP contribution < -0.4 is 15.9 Å². The Hall–Kier alpha value is -2.18. The van der Waals surface area contributed by atoms with Crippen LogP contribution in [0.15, 0.2) is 69.3 Å². The van der Waals surface area contributed by atoms with Crippen LogP contribution in [0.2, 0.25) is 0 Å². The minimum absolute atomic E-state index is 0.291. The summed E-state index contributed by atoms with van der Waals surface area (Å²) in [4.78, 5) is -0.873. The van der Waals surface area contributed by atoms with Crippen LogP contribution in [0, 0.1) is 20.8 Å². The van der Waals surface area contributed by atoms with Gasteiger partial charge in [-0.15, -0.1) is 0 Å². The Labute approximate surface area is 199 Å². The number of aryl methyl sites for hydroxylation is 3. The minimum Gasteiger partial charge on any atom is -0.282 e. The average Bonchev–Trinajstić information content (AvgIpc) is 2.69. The molecular formula is C21H21O9PS3. The van der Waals surface area contributed by atoms with Crippen molar-refractivity contribution in [2.75, 3.05) is 0 Å². The van der Waals surface area contributed by atoms with E-state index in [9.17, 15) is 38.9 Å². The van der Waals surface area contributed by atoms with Crippen molar-refractivity contribution in [2.24, 2.45) is 0 Å². The number of hydrogen-bond donors (Lipinski definition) is 3. The van der Waals surface area contributed by atoms with E-state index in [2.05, 4.69) is 0 Å². The van der Waals surface area contributed by atoms with Crippen LogP contribution in [0.4, 0.5) is 0 Å². The van der Waals surface area contributed by atoms with E-state index in [1.165, 1.54) is 54.6 Å². The van der Waals surface area contributed by atoms with Gasteiger partial charge in [0.1, 0.15) is 0 Å². The molecule has 0 saturated heterocycles. The van der Waals surface area contributed by atoms with Crippen LogP contribution >= 0.6 is 7.92 Å². The first-order chi connectivity index (χ1) is 15.5. The Balaban J connectivity index is 2.33. The van der Waals surface area contributed by atoms with E-state index >= 15 is 0 Å². The maximum Gasteiger partial charge on any atom is 0.294 e. The van der Waals surface area contributed by atoms with Gasteiger partial charge in [-0.3, -0.25) is 13.7 Å². The maximum atomic E-state index is 11.6. The normalized spacial score (nSPS) is 12.8. The molecule has 34 heavy (non-hydrogen) atoms. The van der Waals surface area contributed by atoms with Crippen molar-refractivity contribution < 1.29 is 38.9 Å². The molecule has 0 amide bonds. The summed E-state index contributed by atoms with van der Waals surface area (Å²) >= 11 is 0. The molecule has 0 aliphatic heterocycles. The molecule has 0 fully saturated rings. The van der Waals surface area contributed by atoms with E-state index in [4.69, 9.17) is 0 Å². The van der Waals surface area contributed by atoms with Crippen LogP contribution in [-0.2, 0) is 30.4 Å².